The van der Waals surface area contributed by atoms with Crippen LogP contribution in [0.1, 0.15) is 37.3 Å². The quantitative estimate of drug-likeness (QED) is 0.720. The second-order valence-corrected chi connectivity index (χ2v) is 8.29. The molecule has 2 heterocycles. The molecule has 2 aromatic carbocycles. The summed E-state index contributed by atoms with van der Waals surface area (Å²) in [5.41, 5.74) is 7.01. The van der Waals surface area contributed by atoms with Crippen LogP contribution in [0.25, 0.3) is 0 Å². The molecule has 162 valence electrons. The van der Waals surface area contributed by atoms with Gasteiger partial charge in [0.15, 0.2) is 0 Å². The Kier molecular flexibility index (Phi) is 5.73. The van der Waals surface area contributed by atoms with Gasteiger partial charge in [-0.2, -0.15) is 5.01 Å². The first kappa shape index (κ1) is 21.0. The van der Waals surface area contributed by atoms with Crippen LogP contribution in [0.4, 0.5) is 21.9 Å². The first-order chi connectivity index (χ1) is 14.9. The minimum absolute atomic E-state index is 0.209. The molecule has 1 spiro atoms. The van der Waals surface area contributed by atoms with Gasteiger partial charge in [-0.15, -0.1) is 4.91 Å². The molecule has 2 aromatic rings. The Bertz CT molecular complexity index is 997. The van der Waals surface area contributed by atoms with Crippen molar-refractivity contribution in [3.05, 3.63) is 58.5 Å². The Balaban J connectivity index is 1.41. The fourth-order valence-electron chi connectivity index (χ4n) is 4.44. The summed E-state index contributed by atoms with van der Waals surface area (Å²) in [6.45, 7) is 5.49. The van der Waals surface area contributed by atoms with Crippen LogP contribution in [0.3, 0.4) is 0 Å². The zero-order chi connectivity index (χ0) is 22.0. The van der Waals surface area contributed by atoms with E-state index in [-0.39, 0.29) is 5.91 Å². The number of hydrogen-bond donors (Lipinski definition) is 2. The number of imide groups is 1. The lowest BCUT2D eigenvalue weighted by Gasteiger charge is -2.40. The van der Waals surface area contributed by atoms with E-state index < -0.39 is 11.6 Å². The van der Waals surface area contributed by atoms with Gasteiger partial charge in [0.2, 0.25) is 5.91 Å². The summed E-state index contributed by atoms with van der Waals surface area (Å²) in [7, 11) is 0. The van der Waals surface area contributed by atoms with Gasteiger partial charge in [0.05, 0.1) is 5.54 Å². The highest BCUT2D eigenvalue weighted by Gasteiger charge is 2.47. The number of amides is 3. The largest absolute Gasteiger partial charge is 0.371 e. The number of nitrogens with zero attached hydrogens (tertiary/aromatic N) is 3. The lowest BCUT2D eigenvalue weighted by molar-refractivity contribution is -0.126. The van der Waals surface area contributed by atoms with E-state index in [0.29, 0.717) is 12.1 Å². The molecule has 3 amide bonds. The summed E-state index contributed by atoms with van der Waals surface area (Å²) in [6, 6.07) is 12.6. The van der Waals surface area contributed by atoms with Gasteiger partial charge in [0, 0.05) is 30.9 Å². The number of benzene rings is 2. The number of nitrogens with one attached hydrogen (secondary N) is 2. The Hall–Kier alpha value is -3.26. The highest BCUT2D eigenvalue weighted by molar-refractivity contribution is 6.02. The van der Waals surface area contributed by atoms with E-state index in [9.17, 15) is 14.5 Å². The van der Waals surface area contributed by atoms with Crippen LogP contribution in [0.2, 0.25) is 0 Å². The standard InChI is InChI=1S/C23H27N5O3/c1-3-17-6-4-5-16(2)21(17)24-22(30)28-20(29)15-23(26-28)11-13-27(14-12-23)19-9-7-18(25-31)8-10-19/h4-10,26H,3,11-15H2,1-2H3,(H,24,30). The van der Waals surface area contributed by atoms with Gasteiger partial charge in [0.25, 0.3) is 0 Å². The minimum atomic E-state index is -0.440. The monoisotopic (exact) mass is 421 g/mol. The summed E-state index contributed by atoms with van der Waals surface area (Å²) >= 11 is 0. The normalized spacial score (nSPS) is 17.8. The van der Waals surface area contributed by atoms with Crippen molar-refractivity contribution < 1.29 is 9.59 Å². The molecule has 2 N–H and O–H groups in total. The maximum absolute atomic E-state index is 12.9. The fourth-order valence-corrected chi connectivity index (χ4v) is 4.44. The average Bonchev–Trinajstić information content (AvgIpc) is 3.11. The number of aryl methyl sites for hydroxylation is 2. The number of hydrazine groups is 1. The van der Waals surface area contributed by atoms with Crippen molar-refractivity contribution in [1.82, 2.24) is 10.4 Å². The molecule has 4 rings (SSSR count). The van der Waals surface area contributed by atoms with Crippen LogP contribution in [-0.4, -0.2) is 35.6 Å². The molecule has 2 saturated heterocycles. The van der Waals surface area contributed by atoms with Crippen molar-refractivity contribution in [2.24, 2.45) is 5.18 Å². The van der Waals surface area contributed by atoms with Gasteiger partial charge in [-0.25, -0.2) is 10.2 Å². The van der Waals surface area contributed by atoms with E-state index in [1.165, 1.54) is 0 Å². The summed E-state index contributed by atoms with van der Waals surface area (Å²) in [6.07, 6.45) is 2.57. The molecule has 0 radical (unpaired) electrons. The number of urea groups is 1. The second-order valence-electron chi connectivity index (χ2n) is 8.29. The Morgan fingerprint density at radius 3 is 2.52 bits per heavy atom. The Labute approximate surface area is 181 Å². The number of nitroso groups, excluding NO2 is 1. The molecular formula is C23H27N5O3. The minimum Gasteiger partial charge on any atom is -0.371 e. The van der Waals surface area contributed by atoms with Gasteiger partial charge in [0.1, 0.15) is 5.69 Å². The molecule has 31 heavy (non-hydrogen) atoms. The number of piperidine rings is 1. The summed E-state index contributed by atoms with van der Waals surface area (Å²) in [5.74, 6) is -0.209. The number of carbonyl (C=O) groups excluding carboxylic acids is 2. The Morgan fingerprint density at radius 2 is 1.87 bits per heavy atom. The van der Waals surface area contributed by atoms with E-state index >= 15 is 0 Å². The summed E-state index contributed by atoms with van der Waals surface area (Å²) in [5, 5.41) is 7.01. The third kappa shape index (κ3) is 4.16. The van der Waals surface area contributed by atoms with Crippen molar-refractivity contribution in [3.8, 4) is 0 Å². The van der Waals surface area contributed by atoms with Crippen LogP contribution >= 0.6 is 0 Å². The van der Waals surface area contributed by atoms with Crippen LogP contribution < -0.4 is 15.6 Å². The maximum atomic E-state index is 12.9. The molecular weight excluding hydrogens is 394 g/mol. The molecule has 8 nitrogen and oxygen atoms in total. The number of rotatable bonds is 4. The number of para-hydroxylation sites is 1. The van der Waals surface area contributed by atoms with E-state index in [1.54, 1.807) is 12.1 Å². The number of carbonyl (C=O) groups is 2. The fraction of sp³-hybridized carbons (Fsp3) is 0.391. The molecule has 0 atom stereocenters. The maximum Gasteiger partial charge on any atom is 0.343 e. The van der Waals surface area contributed by atoms with Gasteiger partial charge in [-0.1, -0.05) is 25.1 Å². The topological polar surface area (TPSA) is 94.1 Å². The van der Waals surface area contributed by atoms with Crippen LogP contribution in [0.5, 0.6) is 0 Å². The molecule has 2 fully saturated rings. The zero-order valence-corrected chi connectivity index (χ0v) is 17.9. The van der Waals surface area contributed by atoms with Crippen molar-refractivity contribution in [3.63, 3.8) is 0 Å². The molecule has 0 saturated carbocycles. The smallest absolute Gasteiger partial charge is 0.343 e. The highest BCUT2D eigenvalue weighted by Crippen LogP contribution is 2.34. The van der Waals surface area contributed by atoms with Gasteiger partial charge in [-0.05, 0) is 66.8 Å². The molecule has 0 bridgehead atoms. The van der Waals surface area contributed by atoms with Crippen LogP contribution in [0.15, 0.2) is 47.6 Å². The highest BCUT2D eigenvalue weighted by atomic mass is 16.3. The van der Waals surface area contributed by atoms with E-state index in [2.05, 4.69) is 20.8 Å². The third-order valence-corrected chi connectivity index (χ3v) is 6.30. The first-order valence-corrected chi connectivity index (χ1v) is 10.6. The van der Waals surface area contributed by atoms with Crippen LogP contribution in [-0.2, 0) is 11.2 Å². The van der Waals surface area contributed by atoms with E-state index in [1.807, 2.05) is 44.2 Å². The molecule has 2 aliphatic rings. The number of hydrogen-bond acceptors (Lipinski definition) is 6. The number of anilines is 2. The molecule has 8 heteroatoms. The lowest BCUT2D eigenvalue weighted by atomic mass is 9.86. The third-order valence-electron chi connectivity index (χ3n) is 6.30. The van der Waals surface area contributed by atoms with Crippen molar-refractivity contribution in [1.29, 1.82) is 0 Å². The average molecular weight is 422 g/mol. The Morgan fingerprint density at radius 1 is 1.16 bits per heavy atom. The van der Waals surface area contributed by atoms with Crippen LogP contribution in [0, 0.1) is 11.8 Å². The van der Waals surface area contributed by atoms with E-state index in [0.717, 1.165) is 59.9 Å². The first-order valence-electron chi connectivity index (χ1n) is 10.6. The zero-order valence-electron chi connectivity index (χ0n) is 17.9. The van der Waals surface area contributed by atoms with E-state index in [4.69, 9.17) is 0 Å². The molecule has 0 aliphatic carbocycles. The van der Waals surface area contributed by atoms with Gasteiger partial charge < -0.3 is 10.2 Å². The summed E-state index contributed by atoms with van der Waals surface area (Å²) in [4.78, 5) is 38.4. The summed E-state index contributed by atoms with van der Waals surface area (Å²) < 4.78 is 0. The second kappa shape index (κ2) is 8.47. The lowest BCUT2D eigenvalue weighted by Crippen LogP contribution is -2.55. The van der Waals surface area contributed by atoms with Crippen molar-refractivity contribution in [2.45, 2.75) is 45.1 Å². The predicted octanol–water partition coefficient (Wildman–Crippen LogP) is 4.26. The SMILES string of the molecule is CCc1cccc(C)c1NC(=O)N1NC2(CCN(c3ccc(N=O)cc3)CC2)CC1=O. The van der Waals surface area contributed by atoms with Crippen molar-refractivity contribution >= 4 is 29.0 Å². The molecule has 0 unspecified atom stereocenters. The molecule has 0 aromatic heterocycles. The molecule has 2 aliphatic heterocycles. The van der Waals surface area contributed by atoms with Crippen molar-refractivity contribution in [2.75, 3.05) is 23.3 Å². The van der Waals surface area contributed by atoms with Gasteiger partial charge in [-0.3, -0.25) is 4.79 Å². The predicted molar refractivity (Wildman–Crippen MR) is 120 cm³/mol. The van der Waals surface area contributed by atoms with Gasteiger partial charge >= 0.3 is 6.03 Å².